The fraction of sp³-hybridized carbons (Fsp3) is 0.231. The number of hydrogen-bond acceptors (Lipinski definition) is 7. The van der Waals surface area contributed by atoms with E-state index in [4.69, 9.17) is 0 Å². The Balaban J connectivity index is 1.27. The molecule has 0 radical (unpaired) electrons. The van der Waals surface area contributed by atoms with Gasteiger partial charge in [0.2, 0.25) is 5.91 Å². The lowest BCUT2D eigenvalue weighted by Gasteiger charge is -2.18. The van der Waals surface area contributed by atoms with Gasteiger partial charge < -0.3 is 10.4 Å². The maximum atomic E-state index is 13.3. The van der Waals surface area contributed by atoms with Crippen LogP contribution in [0.25, 0.3) is 22.5 Å². The van der Waals surface area contributed by atoms with Crippen molar-refractivity contribution in [3.63, 3.8) is 0 Å². The summed E-state index contributed by atoms with van der Waals surface area (Å²) in [6.45, 7) is 7.64. The van der Waals surface area contributed by atoms with Crippen molar-refractivity contribution >= 4 is 34.8 Å². The summed E-state index contributed by atoms with van der Waals surface area (Å²) in [6.07, 6.45) is 3.67. The van der Waals surface area contributed by atoms with E-state index in [0.717, 1.165) is 27.1 Å². The van der Waals surface area contributed by atoms with Crippen molar-refractivity contribution in [2.24, 2.45) is 5.92 Å². The minimum atomic E-state index is -1.15. The second-order valence-electron chi connectivity index (χ2n) is 12.8. The number of hydrogen-bond donors (Lipinski definition) is 2. The first kappa shape index (κ1) is 34.1. The number of rotatable bonds is 12. The largest absolute Gasteiger partial charge is 0.480 e. The molecule has 0 unspecified atom stereocenters. The third-order valence-corrected chi connectivity index (χ3v) is 9.57. The van der Waals surface area contributed by atoms with E-state index in [1.165, 1.54) is 18.3 Å². The quantitative estimate of drug-likeness (QED) is 0.134. The van der Waals surface area contributed by atoms with Crippen LogP contribution in [-0.2, 0) is 21.4 Å². The van der Waals surface area contributed by atoms with Crippen LogP contribution in [0.1, 0.15) is 70.1 Å². The van der Waals surface area contributed by atoms with E-state index in [2.05, 4.69) is 36.1 Å². The van der Waals surface area contributed by atoms with Crippen molar-refractivity contribution in [2.45, 2.75) is 52.0 Å². The van der Waals surface area contributed by atoms with Crippen LogP contribution in [0, 0.1) is 5.92 Å². The summed E-state index contributed by atoms with van der Waals surface area (Å²) in [5.74, 6) is -2.05. The molecule has 9 heteroatoms. The van der Waals surface area contributed by atoms with Crippen LogP contribution in [0.5, 0.6) is 0 Å². The molecule has 244 valence electrons. The Kier molecular flexibility index (Phi) is 10.4. The Hall–Kier alpha value is -5.28. The summed E-state index contributed by atoms with van der Waals surface area (Å²) < 4.78 is 0. The molecule has 0 spiro atoms. The van der Waals surface area contributed by atoms with Gasteiger partial charge in [-0.25, -0.2) is 9.97 Å². The summed E-state index contributed by atoms with van der Waals surface area (Å²) in [5, 5.41) is 11.9. The Labute approximate surface area is 283 Å². The van der Waals surface area contributed by atoms with Crippen molar-refractivity contribution in [1.82, 2.24) is 15.3 Å². The minimum absolute atomic E-state index is 0.0391. The van der Waals surface area contributed by atoms with Crippen LogP contribution in [0.3, 0.4) is 0 Å². The van der Waals surface area contributed by atoms with E-state index in [1.807, 2.05) is 60.7 Å². The van der Waals surface area contributed by atoms with Gasteiger partial charge in [0.1, 0.15) is 6.04 Å². The number of carbonyl (C=O) groups is 4. The summed E-state index contributed by atoms with van der Waals surface area (Å²) in [7, 11) is 0. The van der Waals surface area contributed by atoms with Gasteiger partial charge in [-0.15, -0.1) is 11.3 Å². The van der Waals surface area contributed by atoms with Crippen molar-refractivity contribution in [3.05, 3.63) is 130 Å². The third-order valence-electron chi connectivity index (χ3n) is 8.01. The topological polar surface area (TPSA) is 126 Å². The average Bonchev–Trinajstić information content (AvgIpc) is 3.60. The van der Waals surface area contributed by atoms with Gasteiger partial charge in [-0.2, -0.15) is 0 Å². The number of carboxylic acid groups (broad SMARTS) is 1. The fourth-order valence-corrected chi connectivity index (χ4v) is 6.15. The first-order valence-corrected chi connectivity index (χ1v) is 16.5. The molecule has 48 heavy (non-hydrogen) atoms. The Morgan fingerprint density at radius 2 is 1.38 bits per heavy atom. The number of nitrogens with one attached hydrogen (secondary N) is 1. The number of thiophene rings is 1. The van der Waals surface area contributed by atoms with Crippen LogP contribution in [0.4, 0.5) is 0 Å². The molecule has 0 aliphatic rings. The highest BCUT2D eigenvalue weighted by Gasteiger charge is 2.27. The molecule has 2 N–H and O–H groups in total. The lowest BCUT2D eigenvalue weighted by molar-refractivity contribution is -0.141. The molecule has 1 amide bonds. The highest BCUT2D eigenvalue weighted by Crippen LogP contribution is 2.31. The maximum absolute atomic E-state index is 13.3. The molecule has 0 fully saturated rings. The molecule has 2 heterocycles. The smallest absolute Gasteiger partial charge is 0.325 e. The lowest BCUT2D eigenvalue weighted by atomic mass is 9.92. The molecule has 8 nitrogen and oxygen atoms in total. The average molecular weight is 660 g/mol. The van der Waals surface area contributed by atoms with Crippen LogP contribution < -0.4 is 5.32 Å². The molecular formula is C39H37N3O5S. The molecule has 3 aromatic carbocycles. The molecule has 2 atom stereocenters. The van der Waals surface area contributed by atoms with E-state index < -0.39 is 23.8 Å². The van der Waals surface area contributed by atoms with Gasteiger partial charge in [0.15, 0.2) is 17.4 Å². The predicted octanol–water partition coefficient (Wildman–Crippen LogP) is 7.42. The van der Waals surface area contributed by atoms with Gasteiger partial charge >= 0.3 is 5.97 Å². The van der Waals surface area contributed by atoms with Crippen molar-refractivity contribution in [3.8, 4) is 22.5 Å². The van der Waals surface area contributed by atoms with Crippen molar-refractivity contribution in [1.29, 1.82) is 0 Å². The predicted molar refractivity (Wildman–Crippen MR) is 187 cm³/mol. The molecule has 5 aromatic rings. The van der Waals surface area contributed by atoms with Gasteiger partial charge in [-0.05, 0) is 42.0 Å². The number of Topliss-reactive ketones (excluding diaryl/α,β-unsaturated/α-hetero) is 1. The van der Waals surface area contributed by atoms with E-state index in [-0.39, 0.29) is 29.8 Å². The first-order chi connectivity index (χ1) is 22.9. The highest BCUT2D eigenvalue weighted by molar-refractivity contribution is 7.14. The molecule has 2 aromatic heterocycles. The number of aromatic nitrogens is 2. The van der Waals surface area contributed by atoms with Gasteiger partial charge in [0.05, 0.1) is 4.88 Å². The Morgan fingerprint density at radius 3 is 1.96 bits per heavy atom. The van der Waals surface area contributed by atoms with E-state index >= 15 is 0 Å². The van der Waals surface area contributed by atoms with Crippen molar-refractivity contribution < 1.29 is 24.3 Å². The second kappa shape index (κ2) is 14.6. The van der Waals surface area contributed by atoms with Gasteiger partial charge in [-0.1, -0.05) is 99.6 Å². The molecular weight excluding hydrogens is 623 g/mol. The first-order valence-electron chi connectivity index (χ1n) is 15.7. The zero-order chi connectivity index (χ0) is 34.4. The van der Waals surface area contributed by atoms with E-state index in [0.29, 0.717) is 21.8 Å². The molecule has 0 aliphatic carbocycles. The number of amides is 1. The number of ketones is 2. The normalized spacial score (nSPS) is 12.6. The van der Waals surface area contributed by atoms with Crippen LogP contribution >= 0.6 is 11.3 Å². The highest BCUT2D eigenvalue weighted by atomic mass is 32.1. The molecule has 0 aliphatic heterocycles. The monoisotopic (exact) mass is 659 g/mol. The SMILES string of the molecule is C[C@@H](NC(=O)[C@@H](CC(=O)c1ccc(C(C)(C)C)s1)Cc1ccc(-c2ncc(-c3ccc(C(=O)c4ccccc4)cc3)cn2)cc1)C(=O)O. The molecule has 5 rings (SSSR count). The van der Waals surface area contributed by atoms with Crippen LogP contribution in [0.15, 0.2) is 103 Å². The summed E-state index contributed by atoms with van der Waals surface area (Å²) >= 11 is 1.42. The van der Waals surface area contributed by atoms with E-state index in [9.17, 15) is 24.3 Å². The van der Waals surface area contributed by atoms with Crippen molar-refractivity contribution in [2.75, 3.05) is 0 Å². The summed E-state index contributed by atoms with van der Waals surface area (Å²) in [4.78, 5) is 61.4. The molecule has 0 saturated carbocycles. The standard InChI is InChI=1S/C39H37N3O5S/c1-24(38(46)47)42-37(45)30(21-32(43)33-18-19-34(48-33)39(2,3)4)20-25-10-12-29(13-11-25)36-40-22-31(23-41-36)26-14-16-28(17-15-26)35(44)27-8-6-5-7-9-27/h5-19,22-24,30H,20-21H2,1-4H3,(H,42,45)(H,46,47)/t24-,30-/m1/s1. The zero-order valence-corrected chi connectivity index (χ0v) is 28.1. The van der Waals surface area contributed by atoms with Crippen LogP contribution in [0.2, 0.25) is 0 Å². The van der Waals surface area contributed by atoms with E-state index in [1.54, 1.807) is 42.7 Å². The molecule has 0 saturated heterocycles. The van der Waals surface area contributed by atoms with Crippen LogP contribution in [-0.4, -0.2) is 44.6 Å². The zero-order valence-electron chi connectivity index (χ0n) is 27.3. The minimum Gasteiger partial charge on any atom is -0.480 e. The van der Waals surface area contributed by atoms with Gasteiger partial charge in [-0.3, -0.25) is 19.2 Å². The Bertz CT molecular complexity index is 1910. The lowest BCUT2D eigenvalue weighted by Crippen LogP contribution is -2.42. The number of carbonyl (C=O) groups excluding carboxylic acids is 3. The second-order valence-corrected chi connectivity index (χ2v) is 13.9. The number of nitrogens with zero attached hydrogens (tertiary/aromatic N) is 2. The summed E-state index contributed by atoms with van der Waals surface area (Å²) in [5.41, 5.74) is 4.43. The Morgan fingerprint density at radius 1 is 0.771 bits per heavy atom. The number of aliphatic carboxylic acids is 1. The number of benzene rings is 3. The molecule has 0 bridgehead atoms. The maximum Gasteiger partial charge on any atom is 0.325 e. The third kappa shape index (κ3) is 8.35. The summed E-state index contributed by atoms with van der Waals surface area (Å²) in [6, 6.07) is 26.6. The fourth-order valence-electron chi connectivity index (χ4n) is 5.14. The van der Waals surface area contributed by atoms with Gasteiger partial charge in [0.25, 0.3) is 0 Å². The number of carboxylic acids is 1. The van der Waals surface area contributed by atoms with Gasteiger partial charge in [0, 0.05) is 51.9 Å².